The van der Waals surface area contributed by atoms with Crippen LogP contribution in [0.2, 0.25) is 0 Å². The summed E-state index contributed by atoms with van der Waals surface area (Å²) in [6.45, 7) is 6.38. The Kier molecular flexibility index (Phi) is 9.51. The zero-order chi connectivity index (χ0) is 29.6. The van der Waals surface area contributed by atoms with E-state index >= 15 is 0 Å². The molecule has 0 bridgehead atoms. The molecule has 0 aliphatic heterocycles. The van der Waals surface area contributed by atoms with E-state index < -0.39 is 23.6 Å². The van der Waals surface area contributed by atoms with Gasteiger partial charge in [0.1, 0.15) is 17.5 Å². The predicted molar refractivity (Wildman–Crippen MR) is 152 cm³/mol. The third-order valence-electron chi connectivity index (χ3n) is 6.11. The summed E-state index contributed by atoms with van der Waals surface area (Å²) in [5.74, 6) is -1.26. The van der Waals surface area contributed by atoms with E-state index in [4.69, 9.17) is 0 Å². The van der Waals surface area contributed by atoms with Crippen molar-refractivity contribution in [2.24, 2.45) is 5.41 Å². The number of aromatic nitrogens is 2. The Bertz CT molecular complexity index is 1480. The number of fused-ring (bicyclic) bond motifs is 1. The Morgan fingerprint density at radius 1 is 1.20 bits per heavy atom. The molecule has 0 saturated carbocycles. The molecule has 4 N–H and O–H groups in total. The summed E-state index contributed by atoms with van der Waals surface area (Å²) >= 11 is 0. The fourth-order valence-corrected chi connectivity index (χ4v) is 4.31. The van der Waals surface area contributed by atoms with Gasteiger partial charge in [-0.1, -0.05) is 26.8 Å². The molecule has 0 radical (unpaired) electrons. The van der Waals surface area contributed by atoms with Gasteiger partial charge in [0.15, 0.2) is 0 Å². The maximum Gasteiger partial charge on any atom is 0.405 e. The molecule has 0 aliphatic carbocycles. The summed E-state index contributed by atoms with van der Waals surface area (Å²) in [5, 5.41) is 14.6. The Hall–Kier alpha value is -4.41. The molecule has 1 aromatic carbocycles. The highest BCUT2D eigenvalue weighted by molar-refractivity contribution is 5.96. The van der Waals surface area contributed by atoms with Gasteiger partial charge in [0.2, 0.25) is 11.8 Å². The monoisotopic (exact) mass is 553 g/mol. The molecule has 1 unspecified atom stereocenters. The third-order valence-corrected chi connectivity index (χ3v) is 6.11. The number of allylic oxidation sites excluding steroid dienone is 1. The zero-order valence-electron chi connectivity index (χ0n) is 23.4. The molecule has 214 valence electrons. The molecule has 40 heavy (non-hydrogen) atoms. The number of carbonyl (C=O) groups is 3. The average molecular weight is 554 g/mol. The lowest BCUT2D eigenvalue weighted by molar-refractivity contribution is -0.123. The van der Waals surface area contributed by atoms with Gasteiger partial charge in [-0.3, -0.25) is 14.4 Å². The smallest absolute Gasteiger partial charge is 0.405 e. The number of pyridine rings is 1. The molecule has 11 heteroatoms. The number of rotatable bonds is 10. The van der Waals surface area contributed by atoms with E-state index in [0.29, 0.717) is 17.5 Å². The minimum Gasteiger partial charge on any atom is -0.465 e. The Morgan fingerprint density at radius 2 is 1.93 bits per heavy atom. The number of carbonyl (C=O) groups excluding carboxylic acids is 2. The van der Waals surface area contributed by atoms with Crippen molar-refractivity contribution < 1.29 is 23.9 Å². The second-order valence-electron chi connectivity index (χ2n) is 11.1. The first-order valence-corrected chi connectivity index (χ1v) is 12.9. The quantitative estimate of drug-likeness (QED) is 0.280. The van der Waals surface area contributed by atoms with E-state index in [1.165, 1.54) is 33.7 Å². The topological polar surface area (TPSA) is 137 Å². The van der Waals surface area contributed by atoms with Gasteiger partial charge in [0.25, 0.3) is 5.56 Å². The number of likely N-dealkylation sites (N-methyl/N-ethyl adjacent to an activating group) is 1. The summed E-state index contributed by atoms with van der Waals surface area (Å²) in [4.78, 5) is 53.7. The number of anilines is 1. The number of amides is 3. The van der Waals surface area contributed by atoms with Crippen LogP contribution in [0.3, 0.4) is 0 Å². The van der Waals surface area contributed by atoms with Crippen LogP contribution in [-0.4, -0.2) is 57.6 Å². The predicted octanol–water partition coefficient (Wildman–Crippen LogP) is 4.10. The Morgan fingerprint density at radius 3 is 2.58 bits per heavy atom. The number of carboxylic acid groups (broad SMARTS) is 1. The van der Waals surface area contributed by atoms with Crippen LogP contribution in [0.25, 0.3) is 10.9 Å². The number of halogens is 1. The number of benzene rings is 1. The number of hydrogen-bond acceptors (Lipinski definition) is 4. The number of hydrogen-bond donors (Lipinski definition) is 4. The second-order valence-corrected chi connectivity index (χ2v) is 11.1. The summed E-state index contributed by atoms with van der Waals surface area (Å²) < 4.78 is 15.7. The van der Waals surface area contributed by atoms with Crippen LogP contribution in [0.1, 0.15) is 44.9 Å². The largest absolute Gasteiger partial charge is 0.465 e. The van der Waals surface area contributed by atoms with Gasteiger partial charge in [-0.25, -0.2) is 9.18 Å². The molecule has 0 fully saturated rings. The van der Waals surface area contributed by atoms with Gasteiger partial charge >= 0.3 is 6.09 Å². The molecular formula is C29H36FN5O5. The van der Waals surface area contributed by atoms with Crippen molar-refractivity contribution in [3.8, 4) is 0 Å². The molecule has 0 aliphatic rings. The first-order chi connectivity index (χ1) is 18.7. The maximum atomic E-state index is 14.3. The van der Waals surface area contributed by atoms with Crippen molar-refractivity contribution >= 4 is 34.5 Å². The highest BCUT2D eigenvalue weighted by atomic mass is 19.1. The molecule has 2 aromatic heterocycles. The molecule has 3 aromatic rings. The standard InChI is InChI=1S/C29H36FN5O5/c1-29(2,3)16-19-14-20(30)13-18-15-21(31-25(18)19)17-35-12-8-10-23(27(35)38)32-26(37)22(33-28(39)40)9-6-7-11-24(36)34(4)5/h7-8,10-15,22,31,33H,6,9,16-17H2,1-5H3,(H,32,37)(H,39,40)/b11-7+. The SMILES string of the molecule is CN(C)C(=O)/C=C/CCC(NC(=O)O)C(=O)Nc1cccn(Cc2cc3cc(F)cc(CC(C)(C)C)c3[nH]2)c1=O. The van der Waals surface area contributed by atoms with Gasteiger partial charge in [-0.2, -0.15) is 0 Å². The molecule has 1 atom stereocenters. The molecule has 10 nitrogen and oxygen atoms in total. The Balaban J connectivity index is 1.78. The summed E-state index contributed by atoms with van der Waals surface area (Å²) in [7, 11) is 3.20. The lowest BCUT2D eigenvalue weighted by Crippen LogP contribution is -2.44. The van der Waals surface area contributed by atoms with Crippen molar-refractivity contribution in [1.82, 2.24) is 19.8 Å². The Labute approximate surface area is 231 Å². The van der Waals surface area contributed by atoms with Crippen LogP contribution in [-0.2, 0) is 22.6 Å². The van der Waals surface area contributed by atoms with E-state index in [1.807, 2.05) is 0 Å². The van der Waals surface area contributed by atoms with Crippen LogP contribution in [0.15, 0.2) is 53.5 Å². The van der Waals surface area contributed by atoms with E-state index in [2.05, 4.69) is 36.4 Å². The van der Waals surface area contributed by atoms with Crippen LogP contribution in [0, 0.1) is 11.2 Å². The van der Waals surface area contributed by atoms with E-state index in [9.17, 15) is 28.7 Å². The highest BCUT2D eigenvalue weighted by Gasteiger charge is 2.21. The molecule has 0 saturated heterocycles. The third kappa shape index (κ3) is 8.29. The van der Waals surface area contributed by atoms with Crippen molar-refractivity contribution in [2.45, 2.75) is 52.6 Å². The number of aromatic amines is 1. The average Bonchev–Trinajstić information content (AvgIpc) is 3.24. The number of H-pyrrole nitrogens is 1. The lowest BCUT2D eigenvalue weighted by Gasteiger charge is -2.18. The summed E-state index contributed by atoms with van der Waals surface area (Å²) in [5.41, 5.74) is 1.79. The van der Waals surface area contributed by atoms with Crippen molar-refractivity contribution in [3.63, 3.8) is 0 Å². The van der Waals surface area contributed by atoms with Crippen LogP contribution < -0.4 is 16.2 Å². The van der Waals surface area contributed by atoms with Crippen LogP contribution >= 0.6 is 0 Å². The molecule has 3 amide bonds. The van der Waals surface area contributed by atoms with Crippen LogP contribution in [0.5, 0.6) is 0 Å². The van der Waals surface area contributed by atoms with E-state index in [-0.39, 0.29) is 42.2 Å². The maximum absolute atomic E-state index is 14.3. The second kappa shape index (κ2) is 12.6. The lowest BCUT2D eigenvalue weighted by atomic mass is 9.87. The van der Waals surface area contributed by atoms with Gasteiger partial charge in [0.05, 0.1) is 6.54 Å². The molecule has 3 rings (SSSR count). The summed E-state index contributed by atoms with van der Waals surface area (Å²) in [6, 6.07) is 6.65. The van der Waals surface area contributed by atoms with Crippen LogP contribution in [0.4, 0.5) is 14.9 Å². The van der Waals surface area contributed by atoms with E-state index in [1.54, 1.807) is 38.5 Å². The highest BCUT2D eigenvalue weighted by Crippen LogP contribution is 2.28. The van der Waals surface area contributed by atoms with Crippen molar-refractivity contribution in [2.75, 3.05) is 19.4 Å². The van der Waals surface area contributed by atoms with Gasteiger partial charge in [0, 0.05) is 36.9 Å². The van der Waals surface area contributed by atoms with E-state index in [0.717, 1.165) is 11.1 Å². The minimum atomic E-state index is -1.39. The minimum absolute atomic E-state index is 0.0152. The van der Waals surface area contributed by atoms with Crippen molar-refractivity contribution in [1.29, 1.82) is 0 Å². The van der Waals surface area contributed by atoms with Crippen molar-refractivity contribution in [3.05, 3.63) is 76.1 Å². The fraction of sp³-hybridized carbons (Fsp3) is 0.379. The normalized spacial score (nSPS) is 12.4. The van der Waals surface area contributed by atoms with Gasteiger partial charge in [-0.15, -0.1) is 0 Å². The summed E-state index contributed by atoms with van der Waals surface area (Å²) in [6.07, 6.45) is 4.08. The molecule has 2 heterocycles. The molecular weight excluding hydrogens is 517 g/mol. The number of nitrogens with one attached hydrogen (secondary N) is 3. The molecule has 0 spiro atoms. The first-order valence-electron chi connectivity index (χ1n) is 12.9. The number of nitrogens with zero attached hydrogens (tertiary/aromatic N) is 2. The van der Waals surface area contributed by atoms with Gasteiger partial charge < -0.3 is 30.2 Å². The fourth-order valence-electron chi connectivity index (χ4n) is 4.31. The zero-order valence-corrected chi connectivity index (χ0v) is 23.4. The van der Waals surface area contributed by atoms with Gasteiger partial charge in [-0.05, 0) is 66.6 Å². The first kappa shape index (κ1) is 30.1.